The van der Waals surface area contributed by atoms with Crippen molar-refractivity contribution in [2.24, 2.45) is 0 Å². The number of carbonyl (C=O) groups excluding carboxylic acids is 1. The van der Waals surface area contributed by atoms with Gasteiger partial charge in [0.1, 0.15) is 5.78 Å². The largest absolute Gasteiger partial charge is 0.309 e. The van der Waals surface area contributed by atoms with E-state index in [2.05, 4.69) is 36.5 Å². The first-order chi connectivity index (χ1) is 6.75. The third-order valence-electron chi connectivity index (χ3n) is 2.71. The van der Waals surface area contributed by atoms with E-state index >= 15 is 0 Å². The second-order valence-electron chi connectivity index (χ2n) is 3.91. The maximum Gasteiger partial charge on any atom is 0.136 e. The highest BCUT2D eigenvalue weighted by atomic mass is 16.1. The molecule has 1 aliphatic heterocycles. The topological polar surface area (TPSA) is 29.1 Å². The number of rotatable bonds is 1. The van der Waals surface area contributed by atoms with Gasteiger partial charge in [0.05, 0.1) is 0 Å². The Labute approximate surface area is 84.3 Å². The van der Waals surface area contributed by atoms with Crippen LogP contribution >= 0.6 is 0 Å². The highest BCUT2D eigenvalue weighted by Gasteiger charge is 2.19. The molecule has 0 aliphatic carbocycles. The van der Waals surface area contributed by atoms with Gasteiger partial charge in [-0.1, -0.05) is 29.8 Å². The molecule has 1 aromatic rings. The van der Waals surface area contributed by atoms with Gasteiger partial charge in [0.2, 0.25) is 0 Å². The summed E-state index contributed by atoms with van der Waals surface area (Å²) in [5.74, 6) is 0.370. The monoisotopic (exact) mass is 189 g/mol. The first-order valence-corrected chi connectivity index (χ1v) is 5.07. The third-order valence-corrected chi connectivity index (χ3v) is 2.71. The van der Waals surface area contributed by atoms with Gasteiger partial charge in [-0.15, -0.1) is 0 Å². The van der Waals surface area contributed by atoms with Crippen LogP contribution in [-0.2, 0) is 4.79 Å². The molecule has 1 aliphatic rings. The minimum Gasteiger partial charge on any atom is -0.309 e. The molecule has 1 atom stereocenters. The average Bonchev–Trinajstić information content (AvgIpc) is 2.19. The van der Waals surface area contributed by atoms with Gasteiger partial charge in [-0.05, 0) is 12.5 Å². The molecule has 74 valence electrons. The summed E-state index contributed by atoms with van der Waals surface area (Å²) < 4.78 is 0. The molecule has 0 unspecified atom stereocenters. The Kier molecular flexibility index (Phi) is 2.64. The number of hydrogen-bond donors (Lipinski definition) is 1. The average molecular weight is 189 g/mol. The molecule has 1 heterocycles. The van der Waals surface area contributed by atoms with E-state index in [1.54, 1.807) is 0 Å². The lowest BCUT2D eigenvalue weighted by atomic mass is 9.96. The molecule has 14 heavy (non-hydrogen) atoms. The van der Waals surface area contributed by atoms with Crippen LogP contribution in [0.4, 0.5) is 0 Å². The Morgan fingerprint density at radius 2 is 2.00 bits per heavy atom. The Balaban J connectivity index is 2.14. The molecule has 0 bridgehead atoms. The Morgan fingerprint density at radius 3 is 2.64 bits per heavy atom. The molecule has 0 aromatic heterocycles. The van der Waals surface area contributed by atoms with Crippen molar-refractivity contribution < 1.29 is 4.79 Å². The number of carbonyl (C=O) groups is 1. The predicted octanol–water partition coefficient (Wildman–Crippen LogP) is 1.99. The minimum absolute atomic E-state index is 0.233. The summed E-state index contributed by atoms with van der Waals surface area (Å²) in [7, 11) is 0. The van der Waals surface area contributed by atoms with Gasteiger partial charge < -0.3 is 5.32 Å². The number of nitrogens with one attached hydrogen (secondary N) is 1. The second kappa shape index (κ2) is 3.93. The summed E-state index contributed by atoms with van der Waals surface area (Å²) in [5, 5.41) is 3.36. The number of benzene rings is 1. The van der Waals surface area contributed by atoms with Crippen molar-refractivity contribution in [2.45, 2.75) is 25.8 Å². The van der Waals surface area contributed by atoms with E-state index in [0.717, 1.165) is 6.54 Å². The first kappa shape index (κ1) is 9.41. The Bertz CT molecular complexity index is 329. The second-order valence-corrected chi connectivity index (χ2v) is 3.91. The van der Waals surface area contributed by atoms with Crippen LogP contribution in [-0.4, -0.2) is 12.3 Å². The zero-order valence-electron chi connectivity index (χ0n) is 8.42. The van der Waals surface area contributed by atoms with Gasteiger partial charge >= 0.3 is 0 Å². The van der Waals surface area contributed by atoms with Crippen LogP contribution < -0.4 is 5.32 Å². The number of Topliss-reactive ketones (excluding diaryl/α,β-unsaturated/α-hetero) is 1. The highest BCUT2D eigenvalue weighted by Crippen LogP contribution is 2.20. The molecule has 2 heteroatoms. The van der Waals surface area contributed by atoms with Crippen LogP contribution in [0.5, 0.6) is 0 Å². The van der Waals surface area contributed by atoms with Crippen molar-refractivity contribution in [3.05, 3.63) is 35.4 Å². The molecule has 2 nitrogen and oxygen atoms in total. The number of aryl methyl sites for hydroxylation is 1. The summed E-state index contributed by atoms with van der Waals surface area (Å²) in [6, 6.07) is 8.63. The number of ketones is 1. The zero-order valence-corrected chi connectivity index (χ0v) is 8.42. The molecule has 1 saturated heterocycles. The molecular formula is C12H15NO. The highest BCUT2D eigenvalue weighted by molar-refractivity contribution is 5.80. The van der Waals surface area contributed by atoms with E-state index in [1.165, 1.54) is 11.1 Å². The van der Waals surface area contributed by atoms with E-state index in [0.29, 0.717) is 18.6 Å². The van der Waals surface area contributed by atoms with Gasteiger partial charge in [-0.3, -0.25) is 4.79 Å². The zero-order chi connectivity index (χ0) is 9.97. The number of piperidine rings is 1. The van der Waals surface area contributed by atoms with Gasteiger partial charge in [-0.25, -0.2) is 0 Å². The lowest BCUT2D eigenvalue weighted by Gasteiger charge is -2.23. The van der Waals surface area contributed by atoms with E-state index < -0.39 is 0 Å². The van der Waals surface area contributed by atoms with Gasteiger partial charge in [0, 0.05) is 25.4 Å². The van der Waals surface area contributed by atoms with Crippen LogP contribution in [0.15, 0.2) is 24.3 Å². The first-order valence-electron chi connectivity index (χ1n) is 5.07. The van der Waals surface area contributed by atoms with Crippen molar-refractivity contribution in [3.63, 3.8) is 0 Å². The maximum atomic E-state index is 11.3. The summed E-state index contributed by atoms with van der Waals surface area (Å²) in [5.41, 5.74) is 2.49. The normalized spacial score (nSPS) is 22.4. The van der Waals surface area contributed by atoms with Gasteiger partial charge in [0.25, 0.3) is 0 Å². The van der Waals surface area contributed by atoms with Crippen LogP contribution in [0, 0.1) is 6.92 Å². The van der Waals surface area contributed by atoms with E-state index in [9.17, 15) is 4.79 Å². The van der Waals surface area contributed by atoms with Crippen molar-refractivity contribution >= 4 is 5.78 Å². The molecular weight excluding hydrogens is 174 g/mol. The van der Waals surface area contributed by atoms with Crippen LogP contribution in [0.3, 0.4) is 0 Å². The van der Waals surface area contributed by atoms with Crippen molar-refractivity contribution in [2.75, 3.05) is 6.54 Å². The summed E-state index contributed by atoms with van der Waals surface area (Å²) in [6.07, 6.45) is 1.32. The summed E-state index contributed by atoms with van der Waals surface area (Å²) in [4.78, 5) is 11.3. The lowest BCUT2D eigenvalue weighted by molar-refractivity contribution is -0.120. The van der Waals surface area contributed by atoms with Crippen molar-refractivity contribution in [3.8, 4) is 0 Å². The fourth-order valence-corrected chi connectivity index (χ4v) is 1.82. The SMILES string of the molecule is Cc1ccc([C@@H]2CC(=O)CCN2)cc1. The molecule has 0 spiro atoms. The quantitative estimate of drug-likeness (QED) is 0.732. The minimum atomic E-state index is 0.233. The maximum absolute atomic E-state index is 11.3. The van der Waals surface area contributed by atoms with E-state index in [-0.39, 0.29) is 6.04 Å². The van der Waals surface area contributed by atoms with Gasteiger partial charge in [-0.2, -0.15) is 0 Å². The molecule has 0 radical (unpaired) electrons. The van der Waals surface area contributed by atoms with Crippen LogP contribution in [0.25, 0.3) is 0 Å². The van der Waals surface area contributed by atoms with Crippen molar-refractivity contribution in [1.29, 1.82) is 0 Å². The van der Waals surface area contributed by atoms with Crippen LogP contribution in [0.2, 0.25) is 0 Å². The number of hydrogen-bond acceptors (Lipinski definition) is 2. The van der Waals surface area contributed by atoms with Crippen molar-refractivity contribution in [1.82, 2.24) is 5.32 Å². The molecule has 0 amide bonds. The smallest absolute Gasteiger partial charge is 0.136 e. The predicted molar refractivity (Wildman–Crippen MR) is 56.2 cm³/mol. The summed E-state index contributed by atoms with van der Waals surface area (Å²) in [6.45, 7) is 2.89. The molecule has 1 fully saturated rings. The summed E-state index contributed by atoms with van der Waals surface area (Å²) >= 11 is 0. The van der Waals surface area contributed by atoms with Gasteiger partial charge in [0.15, 0.2) is 0 Å². The fraction of sp³-hybridized carbons (Fsp3) is 0.417. The van der Waals surface area contributed by atoms with Crippen LogP contribution in [0.1, 0.15) is 30.0 Å². The molecule has 1 aromatic carbocycles. The molecule has 2 rings (SSSR count). The van der Waals surface area contributed by atoms with E-state index in [1.807, 2.05) is 0 Å². The van der Waals surface area contributed by atoms with E-state index in [4.69, 9.17) is 0 Å². The Hall–Kier alpha value is -1.15. The fourth-order valence-electron chi connectivity index (χ4n) is 1.82. The standard InChI is InChI=1S/C12H15NO/c1-9-2-4-10(5-3-9)12-8-11(14)6-7-13-12/h2-5,12-13H,6-8H2,1H3/t12-/m0/s1. The lowest BCUT2D eigenvalue weighted by Crippen LogP contribution is -2.31. The Morgan fingerprint density at radius 1 is 1.29 bits per heavy atom. The third kappa shape index (κ3) is 2.02. The molecule has 0 saturated carbocycles. The molecule has 1 N–H and O–H groups in total.